The van der Waals surface area contributed by atoms with Gasteiger partial charge in [-0.2, -0.15) is 0 Å². The smallest absolute Gasteiger partial charge is 0.326 e. The third-order valence-corrected chi connectivity index (χ3v) is 2.86. The van der Waals surface area contributed by atoms with Crippen LogP contribution in [0.15, 0.2) is 0 Å². The number of hydrogen-bond acceptors (Lipinski definition) is 2. The van der Waals surface area contributed by atoms with Crippen molar-refractivity contribution in [1.82, 2.24) is 5.32 Å². The molecule has 94 valence electrons. The fraction of sp³-hybridized carbons (Fsp3) is 0.818. The molecule has 1 unspecified atom stereocenters. The Bertz CT molecular complexity index is 221. The molecule has 0 spiro atoms. The molecule has 2 N–H and O–H groups in total. The predicted octanol–water partition coefficient (Wildman–Crippen LogP) is 2.31. The molecule has 0 bridgehead atoms. The van der Waals surface area contributed by atoms with Crippen LogP contribution in [-0.2, 0) is 9.59 Å². The summed E-state index contributed by atoms with van der Waals surface area (Å²) in [5.41, 5.74) is 0. The molecule has 0 aromatic rings. The Labute approximate surface area is 105 Å². The maximum Gasteiger partial charge on any atom is 0.326 e. The van der Waals surface area contributed by atoms with Crippen molar-refractivity contribution in [2.75, 3.05) is 5.33 Å². The van der Waals surface area contributed by atoms with E-state index in [1.807, 2.05) is 0 Å². The van der Waals surface area contributed by atoms with Crippen molar-refractivity contribution in [3.63, 3.8) is 0 Å². The van der Waals surface area contributed by atoms with Crippen LogP contribution in [-0.4, -0.2) is 28.4 Å². The first-order valence-electron chi connectivity index (χ1n) is 5.63. The standard InChI is InChI=1S/C11H20BrNO3/c1-9(14)13-10(11(15)16)7-5-3-2-4-6-8-12/h10H,2-8H2,1H3,(H,13,14)(H,15,16). The van der Waals surface area contributed by atoms with Crippen LogP contribution in [0.25, 0.3) is 0 Å². The highest BCUT2D eigenvalue weighted by atomic mass is 79.9. The van der Waals surface area contributed by atoms with Gasteiger partial charge in [0.1, 0.15) is 6.04 Å². The van der Waals surface area contributed by atoms with E-state index in [9.17, 15) is 9.59 Å². The number of alkyl halides is 1. The van der Waals surface area contributed by atoms with Gasteiger partial charge >= 0.3 is 5.97 Å². The third-order valence-electron chi connectivity index (χ3n) is 2.30. The van der Waals surface area contributed by atoms with Crippen LogP contribution in [0.1, 0.15) is 45.4 Å². The molecule has 0 fully saturated rings. The summed E-state index contributed by atoms with van der Waals surface area (Å²) >= 11 is 3.36. The summed E-state index contributed by atoms with van der Waals surface area (Å²) in [7, 11) is 0. The lowest BCUT2D eigenvalue weighted by molar-refractivity contribution is -0.141. The Morgan fingerprint density at radius 3 is 2.25 bits per heavy atom. The molecule has 16 heavy (non-hydrogen) atoms. The van der Waals surface area contributed by atoms with E-state index in [-0.39, 0.29) is 5.91 Å². The summed E-state index contributed by atoms with van der Waals surface area (Å²) in [6, 6.07) is -0.728. The van der Waals surface area contributed by atoms with Crippen molar-refractivity contribution >= 4 is 27.8 Å². The second-order valence-corrected chi connectivity index (χ2v) is 4.63. The zero-order valence-electron chi connectivity index (χ0n) is 9.67. The quantitative estimate of drug-likeness (QED) is 0.506. The number of carbonyl (C=O) groups excluding carboxylic acids is 1. The van der Waals surface area contributed by atoms with Crippen molar-refractivity contribution in [2.24, 2.45) is 0 Å². The van der Waals surface area contributed by atoms with Crippen molar-refractivity contribution in [2.45, 2.75) is 51.5 Å². The van der Waals surface area contributed by atoms with E-state index >= 15 is 0 Å². The Morgan fingerprint density at radius 2 is 1.75 bits per heavy atom. The van der Waals surface area contributed by atoms with Crippen molar-refractivity contribution < 1.29 is 14.7 Å². The lowest BCUT2D eigenvalue weighted by Crippen LogP contribution is -2.39. The molecule has 1 atom stereocenters. The van der Waals surface area contributed by atoms with Crippen LogP contribution in [0.5, 0.6) is 0 Å². The highest BCUT2D eigenvalue weighted by molar-refractivity contribution is 9.09. The van der Waals surface area contributed by atoms with Gasteiger partial charge < -0.3 is 10.4 Å². The fourth-order valence-corrected chi connectivity index (χ4v) is 1.87. The van der Waals surface area contributed by atoms with Gasteiger partial charge in [0.2, 0.25) is 5.91 Å². The van der Waals surface area contributed by atoms with Gasteiger partial charge in [-0.15, -0.1) is 0 Å². The Hall–Kier alpha value is -0.580. The van der Waals surface area contributed by atoms with Crippen LogP contribution in [0, 0.1) is 0 Å². The second-order valence-electron chi connectivity index (χ2n) is 3.84. The van der Waals surface area contributed by atoms with Gasteiger partial charge in [0.25, 0.3) is 0 Å². The summed E-state index contributed by atoms with van der Waals surface area (Å²) in [6.45, 7) is 1.34. The van der Waals surface area contributed by atoms with E-state index in [1.165, 1.54) is 13.3 Å². The zero-order valence-corrected chi connectivity index (χ0v) is 11.3. The van der Waals surface area contributed by atoms with Gasteiger partial charge in [0.15, 0.2) is 0 Å². The zero-order chi connectivity index (χ0) is 12.4. The van der Waals surface area contributed by atoms with E-state index in [1.54, 1.807) is 0 Å². The lowest BCUT2D eigenvalue weighted by Gasteiger charge is -2.12. The van der Waals surface area contributed by atoms with Gasteiger partial charge in [-0.25, -0.2) is 4.79 Å². The number of unbranched alkanes of at least 4 members (excludes halogenated alkanes) is 4. The maximum atomic E-state index is 10.8. The molecule has 0 aromatic heterocycles. The van der Waals surface area contributed by atoms with E-state index in [0.29, 0.717) is 6.42 Å². The molecular weight excluding hydrogens is 274 g/mol. The third kappa shape index (κ3) is 8.71. The number of rotatable bonds is 9. The number of hydrogen-bond donors (Lipinski definition) is 2. The maximum absolute atomic E-state index is 10.8. The highest BCUT2D eigenvalue weighted by Crippen LogP contribution is 2.08. The topological polar surface area (TPSA) is 66.4 Å². The molecule has 4 nitrogen and oxygen atoms in total. The molecular formula is C11H20BrNO3. The monoisotopic (exact) mass is 293 g/mol. The molecule has 0 radical (unpaired) electrons. The lowest BCUT2D eigenvalue weighted by atomic mass is 10.1. The molecule has 0 aliphatic heterocycles. The largest absolute Gasteiger partial charge is 0.480 e. The number of halogens is 1. The minimum Gasteiger partial charge on any atom is -0.480 e. The van der Waals surface area contributed by atoms with E-state index in [2.05, 4.69) is 21.2 Å². The first-order chi connectivity index (χ1) is 7.57. The number of amides is 1. The molecule has 0 aromatic carbocycles. The first kappa shape index (κ1) is 15.4. The van der Waals surface area contributed by atoms with Crippen LogP contribution in [0.4, 0.5) is 0 Å². The molecule has 0 rings (SSSR count). The Kier molecular flexibility index (Phi) is 9.28. The van der Waals surface area contributed by atoms with Crippen LogP contribution < -0.4 is 5.32 Å². The van der Waals surface area contributed by atoms with Crippen molar-refractivity contribution in [3.05, 3.63) is 0 Å². The van der Waals surface area contributed by atoms with Gasteiger partial charge in [0.05, 0.1) is 0 Å². The second kappa shape index (κ2) is 9.63. The number of aliphatic carboxylic acids is 1. The molecule has 0 aliphatic rings. The van der Waals surface area contributed by atoms with Crippen molar-refractivity contribution in [1.29, 1.82) is 0 Å². The SMILES string of the molecule is CC(=O)NC(CCCCCCCBr)C(=O)O. The summed E-state index contributed by atoms with van der Waals surface area (Å²) < 4.78 is 0. The molecule has 0 aliphatic carbocycles. The van der Waals surface area contributed by atoms with E-state index in [0.717, 1.165) is 31.0 Å². The number of carboxylic acid groups (broad SMARTS) is 1. The first-order valence-corrected chi connectivity index (χ1v) is 6.76. The predicted molar refractivity (Wildman–Crippen MR) is 66.7 cm³/mol. The number of nitrogens with one attached hydrogen (secondary N) is 1. The summed E-state index contributed by atoms with van der Waals surface area (Å²) in [4.78, 5) is 21.5. The Balaban J connectivity index is 3.60. The average Bonchev–Trinajstić information content (AvgIpc) is 2.20. The van der Waals surface area contributed by atoms with Gasteiger partial charge in [0, 0.05) is 12.3 Å². The molecule has 5 heteroatoms. The molecule has 1 amide bonds. The van der Waals surface area contributed by atoms with Crippen molar-refractivity contribution in [3.8, 4) is 0 Å². The highest BCUT2D eigenvalue weighted by Gasteiger charge is 2.17. The number of carbonyl (C=O) groups is 2. The fourth-order valence-electron chi connectivity index (χ4n) is 1.48. The number of carboxylic acids is 1. The van der Waals surface area contributed by atoms with Crippen LogP contribution >= 0.6 is 15.9 Å². The Morgan fingerprint density at radius 1 is 1.19 bits per heavy atom. The molecule has 0 saturated heterocycles. The van der Waals surface area contributed by atoms with Crippen LogP contribution in [0.3, 0.4) is 0 Å². The minimum atomic E-state index is -0.948. The molecule has 0 saturated carbocycles. The van der Waals surface area contributed by atoms with Gasteiger partial charge in [-0.3, -0.25) is 4.79 Å². The summed E-state index contributed by atoms with van der Waals surface area (Å²) in [5, 5.41) is 12.3. The van der Waals surface area contributed by atoms with Crippen LogP contribution in [0.2, 0.25) is 0 Å². The van der Waals surface area contributed by atoms with E-state index < -0.39 is 12.0 Å². The molecule has 0 heterocycles. The minimum absolute atomic E-state index is 0.285. The summed E-state index contributed by atoms with van der Waals surface area (Å²) in [5.74, 6) is -1.23. The van der Waals surface area contributed by atoms with Gasteiger partial charge in [-0.05, 0) is 12.8 Å². The summed E-state index contributed by atoms with van der Waals surface area (Å²) in [6.07, 6.45) is 5.84. The van der Waals surface area contributed by atoms with E-state index in [4.69, 9.17) is 5.11 Å². The average molecular weight is 294 g/mol. The van der Waals surface area contributed by atoms with Gasteiger partial charge in [-0.1, -0.05) is 41.6 Å². The normalized spacial score (nSPS) is 12.1.